The van der Waals surface area contributed by atoms with Crippen LogP contribution in [0.5, 0.6) is 11.5 Å². The molecule has 6 atom stereocenters. The summed E-state index contributed by atoms with van der Waals surface area (Å²) in [7, 11) is 3.43. The number of benzene rings is 1. The van der Waals surface area contributed by atoms with Gasteiger partial charge in [-0.1, -0.05) is 6.07 Å². The largest absolute Gasteiger partial charge is 0.493 e. The van der Waals surface area contributed by atoms with E-state index in [2.05, 4.69) is 17.9 Å². The molecule has 1 amide bonds. The molecule has 0 N–H and O–H groups in total. The van der Waals surface area contributed by atoms with Crippen LogP contribution in [0.2, 0.25) is 0 Å². The van der Waals surface area contributed by atoms with Gasteiger partial charge in [-0.05, 0) is 63.5 Å². The molecular weight excluding hydrogens is 406 g/mol. The van der Waals surface area contributed by atoms with Gasteiger partial charge >= 0.3 is 0 Å². The van der Waals surface area contributed by atoms with Crippen LogP contribution in [0.25, 0.3) is 0 Å². The summed E-state index contributed by atoms with van der Waals surface area (Å²) in [5, 5.41) is 0. The first-order valence-corrected chi connectivity index (χ1v) is 12.1. The highest BCUT2D eigenvalue weighted by Crippen LogP contribution is 2.78. The Morgan fingerprint density at radius 1 is 1.22 bits per heavy atom. The van der Waals surface area contributed by atoms with Gasteiger partial charge in [0, 0.05) is 42.0 Å². The third kappa shape index (κ3) is 1.77. The Morgan fingerprint density at radius 3 is 2.72 bits per heavy atom. The number of ether oxygens (including phenoxy) is 3. The Balaban J connectivity index is 1.52. The molecule has 1 aromatic carbocycles. The number of rotatable bonds is 4. The molecule has 8 rings (SSSR count). The van der Waals surface area contributed by atoms with Crippen LogP contribution in [0.3, 0.4) is 0 Å². The lowest BCUT2D eigenvalue weighted by molar-refractivity contribution is -0.292. The first-order valence-electron chi connectivity index (χ1n) is 12.1. The lowest BCUT2D eigenvalue weighted by atomic mass is 9.32. The average molecular weight is 438 g/mol. The van der Waals surface area contributed by atoms with E-state index in [-0.39, 0.29) is 28.9 Å². The molecule has 1 unspecified atom stereocenters. The van der Waals surface area contributed by atoms with Gasteiger partial charge in [-0.3, -0.25) is 4.79 Å². The van der Waals surface area contributed by atoms with Gasteiger partial charge in [0.1, 0.15) is 18.0 Å². The molecule has 0 radical (unpaired) electrons. The fraction of sp³-hybridized carbons (Fsp3) is 0.692. The fourth-order valence-electron chi connectivity index (χ4n) is 9.06. The summed E-state index contributed by atoms with van der Waals surface area (Å²) in [4.78, 5) is 28.4. The summed E-state index contributed by atoms with van der Waals surface area (Å²) in [6, 6.07) is 4.29. The predicted octanol–water partition coefficient (Wildman–Crippen LogP) is 3.04. The maximum atomic E-state index is 13.4. The van der Waals surface area contributed by atoms with Crippen molar-refractivity contribution >= 4 is 12.2 Å². The maximum Gasteiger partial charge on any atom is 0.225 e. The zero-order valence-corrected chi connectivity index (χ0v) is 19.1. The molecule has 1 aromatic rings. The Hall–Kier alpha value is -2.08. The van der Waals surface area contributed by atoms with Crippen LogP contribution in [-0.2, 0) is 26.2 Å². The van der Waals surface area contributed by atoms with Crippen molar-refractivity contribution < 1.29 is 23.8 Å². The van der Waals surface area contributed by atoms with Crippen molar-refractivity contribution in [1.29, 1.82) is 0 Å². The van der Waals surface area contributed by atoms with E-state index in [0.29, 0.717) is 5.91 Å². The minimum atomic E-state index is -0.678. The number of piperidine rings is 1. The molecule has 5 fully saturated rings. The summed E-state index contributed by atoms with van der Waals surface area (Å²) >= 11 is 0. The van der Waals surface area contributed by atoms with Crippen molar-refractivity contribution in [3.63, 3.8) is 0 Å². The molecule has 6 nitrogen and oxygen atoms in total. The van der Waals surface area contributed by atoms with Crippen molar-refractivity contribution in [3.8, 4) is 11.5 Å². The molecule has 4 saturated carbocycles. The van der Waals surface area contributed by atoms with E-state index in [1.807, 2.05) is 6.07 Å². The zero-order valence-electron chi connectivity index (χ0n) is 19.1. The maximum absolute atomic E-state index is 13.4. The summed E-state index contributed by atoms with van der Waals surface area (Å²) in [5.41, 5.74) is 0.796. The van der Waals surface area contributed by atoms with E-state index in [0.717, 1.165) is 69.3 Å². The molecular formula is C26H31NO5. The smallest absolute Gasteiger partial charge is 0.225 e. The van der Waals surface area contributed by atoms with E-state index in [9.17, 15) is 9.59 Å². The number of methoxy groups -OCH3 is 2. The van der Waals surface area contributed by atoms with Crippen LogP contribution in [-0.4, -0.2) is 55.6 Å². The minimum Gasteiger partial charge on any atom is -0.493 e. The molecule has 4 bridgehead atoms. The molecule has 5 aliphatic carbocycles. The SMILES string of the molecule is COc1ccc2c3c1O[C@H]1C4(OC)CC[C@@]5(C[C@]4(C)C=O)[C@@H](C2)N(C(=O)C2CC2)CC[C@]315. The van der Waals surface area contributed by atoms with E-state index >= 15 is 0 Å². The molecule has 6 heteroatoms. The van der Waals surface area contributed by atoms with E-state index in [4.69, 9.17) is 14.2 Å². The van der Waals surface area contributed by atoms with Crippen LogP contribution in [0, 0.1) is 16.7 Å². The van der Waals surface area contributed by atoms with Gasteiger partial charge in [0.2, 0.25) is 5.91 Å². The topological polar surface area (TPSA) is 65.1 Å². The standard InChI is InChI=1S/C26H31NO5/c1-23(14-28)13-24-8-9-26(23,31-3)22-25(24)10-11-27(21(29)15-4-5-15)18(24)12-16-6-7-17(30-2)20(32-22)19(16)25/h6-7,14-15,18,22H,4-5,8-13H2,1-3H3/t18-,22-,23-,24-,25+,26?/m1/s1. The molecule has 32 heavy (non-hydrogen) atoms. The number of fused-ring (bicyclic) bond motifs is 2. The molecule has 2 aliphatic heterocycles. The zero-order chi connectivity index (χ0) is 22.1. The van der Waals surface area contributed by atoms with Crippen LogP contribution < -0.4 is 9.47 Å². The Morgan fingerprint density at radius 2 is 2.03 bits per heavy atom. The minimum absolute atomic E-state index is 0.108. The summed E-state index contributed by atoms with van der Waals surface area (Å²) in [6.45, 7) is 2.81. The Bertz CT molecular complexity index is 1070. The molecule has 0 aromatic heterocycles. The monoisotopic (exact) mass is 437 g/mol. The summed E-state index contributed by atoms with van der Waals surface area (Å²) < 4.78 is 18.9. The number of hydrogen-bond donors (Lipinski definition) is 0. The third-order valence-corrected chi connectivity index (χ3v) is 10.5. The number of hydrogen-bond acceptors (Lipinski definition) is 5. The second-order valence-corrected chi connectivity index (χ2v) is 11.3. The van der Waals surface area contributed by atoms with E-state index in [1.165, 1.54) is 11.1 Å². The van der Waals surface area contributed by atoms with Crippen LogP contribution >= 0.6 is 0 Å². The number of carbonyl (C=O) groups is 2. The normalized spacial score (nSPS) is 44.7. The number of nitrogens with zero attached hydrogens (tertiary/aromatic N) is 1. The Labute approximate surface area is 188 Å². The molecule has 2 spiro atoms. The lowest BCUT2D eigenvalue weighted by Crippen LogP contribution is -2.83. The lowest BCUT2D eigenvalue weighted by Gasteiger charge is -2.75. The molecule has 7 aliphatic rings. The Kier molecular flexibility index (Phi) is 3.45. The van der Waals surface area contributed by atoms with Gasteiger partial charge in [-0.25, -0.2) is 0 Å². The van der Waals surface area contributed by atoms with Gasteiger partial charge in [0.05, 0.1) is 12.5 Å². The van der Waals surface area contributed by atoms with Gasteiger partial charge < -0.3 is 23.9 Å². The number of amides is 1. The summed E-state index contributed by atoms with van der Waals surface area (Å²) in [6.07, 6.45) is 7.07. The van der Waals surface area contributed by atoms with Gasteiger partial charge in [-0.15, -0.1) is 0 Å². The van der Waals surface area contributed by atoms with Crippen molar-refractivity contribution in [2.75, 3.05) is 20.8 Å². The van der Waals surface area contributed by atoms with E-state index in [1.54, 1.807) is 14.2 Å². The van der Waals surface area contributed by atoms with E-state index < -0.39 is 11.0 Å². The van der Waals surface area contributed by atoms with Crippen LogP contribution in [0.1, 0.15) is 56.6 Å². The fourth-order valence-corrected chi connectivity index (χ4v) is 9.06. The van der Waals surface area contributed by atoms with Gasteiger partial charge in [-0.2, -0.15) is 0 Å². The highest BCUT2D eigenvalue weighted by Gasteiger charge is 2.83. The van der Waals surface area contributed by atoms with Crippen molar-refractivity contribution in [2.24, 2.45) is 16.7 Å². The van der Waals surface area contributed by atoms with Crippen LogP contribution in [0.15, 0.2) is 12.1 Å². The van der Waals surface area contributed by atoms with Gasteiger partial charge in [0.15, 0.2) is 11.5 Å². The van der Waals surface area contributed by atoms with Crippen LogP contribution in [0.4, 0.5) is 0 Å². The summed E-state index contributed by atoms with van der Waals surface area (Å²) in [5.74, 6) is 2.13. The first-order chi connectivity index (χ1) is 15.4. The predicted molar refractivity (Wildman–Crippen MR) is 116 cm³/mol. The second-order valence-electron chi connectivity index (χ2n) is 11.3. The third-order valence-electron chi connectivity index (χ3n) is 10.5. The number of aldehydes is 1. The highest BCUT2D eigenvalue weighted by molar-refractivity contribution is 5.82. The van der Waals surface area contributed by atoms with Gasteiger partial charge in [0.25, 0.3) is 0 Å². The average Bonchev–Trinajstić information content (AvgIpc) is 3.58. The van der Waals surface area contributed by atoms with Crippen molar-refractivity contribution in [2.45, 2.75) is 75.0 Å². The quantitative estimate of drug-likeness (QED) is 0.678. The first kappa shape index (κ1) is 19.4. The highest BCUT2D eigenvalue weighted by atomic mass is 16.6. The molecule has 170 valence electrons. The van der Waals surface area contributed by atoms with Crippen molar-refractivity contribution in [1.82, 2.24) is 4.90 Å². The molecule has 1 saturated heterocycles. The number of likely N-dealkylation sites (tertiary alicyclic amines) is 1. The number of carbonyl (C=O) groups excluding carboxylic acids is 2. The van der Waals surface area contributed by atoms with Crippen molar-refractivity contribution in [3.05, 3.63) is 23.3 Å². The molecule has 2 heterocycles. The second kappa shape index (κ2) is 5.69.